The van der Waals surface area contributed by atoms with Gasteiger partial charge in [-0.2, -0.15) is 0 Å². The van der Waals surface area contributed by atoms with E-state index in [2.05, 4.69) is 209 Å². The van der Waals surface area contributed by atoms with E-state index in [4.69, 9.17) is 0 Å². The summed E-state index contributed by atoms with van der Waals surface area (Å²) < 4.78 is 0. The van der Waals surface area contributed by atoms with E-state index in [1.807, 2.05) is 0 Å². The third-order valence-electron chi connectivity index (χ3n) is 16.1. The summed E-state index contributed by atoms with van der Waals surface area (Å²) in [7, 11) is 0. The van der Waals surface area contributed by atoms with Gasteiger partial charge in [-0.1, -0.05) is 162 Å². The Kier molecular flexibility index (Phi) is 7.86. The maximum atomic E-state index is 2.84. The molecule has 0 spiro atoms. The molecule has 0 bridgehead atoms. The standard InChI is InChI=1S/C58H63BN2/c1-34-27-48-51-49(28-34)61-52-40(50-53(61)38-21-17-18-22-41(38)58(50,12)13)30-37(55(5,6)7)31-45(52)59(51)44-32-42-43(57(10,11)26-25-56(42,8)9)33-47(44)60(48)46-24-23-36(54(2,3)4)29-39(46)35-19-15-14-16-20-35/h14-24,27-33,50,53H,25-26H2,1-13H3. The van der Waals surface area contributed by atoms with Gasteiger partial charge in [0.05, 0.1) is 11.7 Å². The van der Waals surface area contributed by atoms with Gasteiger partial charge in [-0.25, -0.2) is 0 Å². The van der Waals surface area contributed by atoms with Crippen molar-refractivity contribution in [1.82, 2.24) is 0 Å². The lowest BCUT2D eigenvalue weighted by molar-refractivity contribution is 0.332. The van der Waals surface area contributed by atoms with Gasteiger partial charge < -0.3 is 9.80 Å². The molecule has 2 nitrogen and oxygen atoms in total. The molecule has 5 aliphatic rings. The molecule has 6 aromatic rings. The Hall–Kier alpha value is -5.02. The van der Waals surface area contributed by atoms with Crippen LogP contribution in [0.4, 0.5) is 28.4 Å². The predicted octanol–water partition coefficient (Wildman–Crippen LogP) is 13.5. The molecule has 3 heterocycles. The number of nitrogens with zero attached hydrogens (tertiary/aromatic N) is 2. The summed E-state index contributed by atoms with van der Waals surface area (Å²) in [4.78, 5) is 5.55. The van der Waals surface area contributed by atoms with Crippen molar-refractivity contribution in [3.8, 4) is 11.1 Å². The van der Waals surface area contributed by atoms with Crippen LogP contribution in [0.25, 0.3) is 11.1 Å². The van der Waals surface area contributed by atoms with Crippen LogP contribution >= 0.6 is 0 Å². The molecule has 0 saturated carbocycles. The van der Waals surface area contributed by atoms with Crippen LogP contribution in [0.5, 0.6) is 0 Å². The topological polar surface area (TPSA) is 6.48 Å². The fraction of sp³-hybridized carbons (Fsp3) is 0.379. The average molecular weight is 799 g/mol. The van der Waals surface area contributed by atoms with Gasteiger partial charge in [0.15, 0.2) is 0 Å². The molecule has 0 aromatic heterocycles. The van der Waals surface area contributed by atoms with Gasteiger partial charge in [0.2, 0.25) is 0 Å². The van der Waals surface area contributed by atoms with Crippen molar-refractivity contribution in [1.29, 1.82) is 0 Å². The van der Waals surface area contributed by atoms with Gasteiger partial charge in [-0.3, -0.25) is 0 Å². The molecule has 0 amide bonds. The van der Waals surface area contributed by atoms with Gasteiger partial charge in [-0.15, -0.1) is 0 Å². The second kappa shape index (κ2) is 12.3. The minimum absolute atomic E-state index is 0.00790. The minimum Gasteiger partial charge on any atom is -0.334 e. The first-order chi connectivity index (χ1) is 28.7. The lowest BCUT2D eigenvalue weighted by Crippen LogP contribution is -2.62. The van der Waals surface area contributed by atoms with Crippen LogP contribution in [0.2, 0.25) is 0 Å². The lowest BCUT2D eigenvalue weighted by atomic mass is 9.32. The molecule has 3 aliphatic heterocycles. The molecule has 11 rings (SSSR count). The van der Waals surface area contributed by atoms with E-state index in [1.165, 1.54) is 113 Å². The first-order valence-electron chi connectivity index (χ1n) is 23.1. The maximum absolute atomic E-state index is 2.84. The summed E-state index contributed by atoms with van der Waals surface area (Å²) in [5.41, 5.74) is 25.5. The molecule has 0 saturated heterocycles. The normalized spacial score (nSPS) is 20.7. The molecule has 2 aliphatic carbocycles. The van der Waals surface area contributed by atoms with E-state index in [-0.39, 0.29) is 39.8 Å². The van der Waals surface area contributed by atoms with Crippen LogP contribution in [0, 0.1) is 6.92 Å². The highest BCUT2D eigenvalue weighted by molar-refractivity contribution is 7.00. The monoisotopic (exact) mass is 799 g/mol. The van der Waals surface area contributed by atoms with Crippen molar-refractivity contribution in [3.05, 3.63) is 154 Å². The van der Waals surface area contributed by atoms with Gasteiger partial charge in [-0.05, 0) is 144 Å². The Balaban J connectivity index is 1.29. The average Bonchev–Trinajstić information content (AvgIpc) is 3.67. The van der Waals surface area contributed by atoms with Crippen LogP contribution in [0.15, 0.2) is 109 Å². The van der Waals surface area contributed by atoms with E-state index in [0.29, 0.717) is 5.92 Å². The molecule has 2 atom stereocenters. The van der Waals surface area contributed by atoms with Gasteiger partial charge >= 0.3 is 0 Å². The third-order valence-corrected chi connectivity index (χ3v) is 16.1. The molecular weight excluding hydrogens is 735 g/mol. The molecule has 0 N–H and O–H groups in total. The summed E-state index contributed by atoms with van der Waals surface area (Å²) >= 11 is 0. The van der Waals surface area contributed by atoms with E-state index < -0.39 is 0 Å². The zero-order chi connectivity index (χ0) is 42.9. The second-order valence-corrected chi connectivity index (χ2v) is 23.4. The van der Waals surface area contributed by atoms with Crippen molar-refractivity contribution in [3.63, 3.8) is 0 Å². The summed E-state index contributed by atoms with van der Waals surface area (Å²) in [6, 6.07) is 43.8. The van der Waals surface area contributed by atoms with Crippen LogP contribution < -0.4 is 26.2 Å². The summed E-state index contributed by atoms with van der Waals surface area (Å²) in [5, 5.41) is 0. The minimum atomic E-state index is -0.0244. The molecule has 308 valence electrons. The summed E-state index contributed by atoms with van der Waals surface area (Å²) in [6.45, 7) is 31.7. The number of rotatable bonds is 2. The molecule has 61 heavy (non-hydrogen) atoms. The van der Waals surface area contributed by atoms with Crippen molar-refractivity contribution >= 4 is 51.5 Å². The van der Waals surface area contributed by atoms with Crippen LogP contribution in [-0.2, 0) is 27.1 Å². The molecule has 0 fully saturated rings. The Morgan fingerprint density at radius 1 is 0.557 bits per heavy atom. The SMILES string of the molecule is Cc1cc2c3c(c1)N1c4c(cc(C(C)(C)C)cc4C4C1c1ccccc1C4(C)C)B3c1cc3c(cc1N2c1ccc(C(C)(C)C)cc1-c1ccccc1)C(C)(C)CCC3(C)C. The zero-order valence-corrected chi connectivity index (χ0v) is 38.9. The first-order valence-corrected chi connectivity index (χ1v) is 23.1. The maximum Gasteiger partial charge on any atom is 0.252 e. The second-order valence-electron chi connectivity index (χ2n) is 23.4. The predicted molar refractivity (Wildman–Crippen MR) is 262 cm³/mol. The van der Waals surface area contributed by atoms with Crippen molar-refractivity contribution < 1.29 is 0 Å². The van der Waals surface area contributed by atoms with Crippen LogP contribution in [0.3, 0.4) is 0 Å². The number of fused-ring (bicyclic) bond motifs is 10. The first kappa shape index (κ1) is 38.9. The fourth-order valence-electron chi connectivity index (χ4n) is 12.6. The van der Waals surface area contributed by atoms with E-state index in [0.717, 1.165) is 0 Å². The smallest absolute Gasteiger partial charge is 0.252 e. The van der Waals surface area contributed by atoms with Gasteiger partial charge in [0, 0.05) is 34.2 Å². The highest BCUT2D eigenvalue weighted by Crippen LogP contribution is 2.66. The molecule has 2 unspecified atom stereocenters. The van der Waals surface area contributed by atoms with Crippen LogP contribution in [0.1, 0.15) is 152 Å². The molecule has 6 aromatic carbocycles. The Morgan fingerprint density at radius 2 is 1.20 bits per heavy atom. The highest BCUT2D eigenvalue weighted by atomic mass is 15.2. The summed E-state index contributed by atoms with van der Waals surface area (Å²) in [5.74, 6) is 0.339. The number of hydrogen-bond acceptors (Lipinski definition) is 2. The molecular formula is C58H63BN2. The molecule has 3 heteroatoms. The van der Waals surface area contributed by atoms with E-state index in [9.17, 15) is 0 Å². The largest absolute Gasteiger partial charge is 0.334 e. The Bertz CT molecular complexity index is 2840. The van der Waals surface area contributed by atoms with E-state index >= 15 is 0 Å². The summed E-state index contributed by atoms with van der Waals surface area (Å²) in [6.07, 6.45) is 2.37. The van der Waals surface area contributed by atoms with Crippen molar-refractivity contribution in [2.24, 2.45) is 0 Å². The van der Waals surface area contributed by atoms with Gasteiger partial charge in [0.25, 0.3) is 6.71 Å². The highest BCUT2D eigenvalue weighted by Gasteiger charge is 2.59. The quantitative estimate of drug-likeness (QED) is 0.161. The third kappa shape index (κ3) is 5.34. The fourth-order valence-corrected chi connectivity index (χ4v) is 12.6. The van der Waals surface area contributed by atoms with E-state index in [1.54, 1.807) is 0 Å². The van der Waals surface area contributed by atoms with Crippen molar-refractivity contribution in [2.45, 2.75) is 142 Å². The van der Waals surface area contributed by atoms with Gasteiger partial charge in [0.1, 0.15) is 0 Å². The zero-order valence-electron chi connectivity index (χ0n) is 38.9. The number of anilines is 5. The Labute approximate surface area is 366 Å². The van der Waals surface area contributed by atoms with Crippen molar-refractivity contribution in [2.75, 3.05) is 9.80 Å². The Morgan fingerprint density at radius 3 is 1.89 bits per heavy atom. The number of aryl methyl sites for hydroxylation is 1. The molecule has 0 radical (unpaired) electrons. The number of benzene rings is 6. The van der Waals surface area contributed by atoms with Crippen LogP contribution in [-0.4, -0.2) is 6.71 Å². The number of hydrogen-bond donors (Lipinski definition) is 0. The lowest BCUT2D eigenvalue weighted by Gasteiger charge is -2.48.